The van der Waals surface area contributed by atoms with Gasteiger partial charge in [0.15, 0.2) is 10.9 Å². The van der Waals surface area contributed by atoms with E-state index in [1.54, 1.807) is 67.8 Å². The van der Waals surface area contributed by atoms with Crippen molar-refractivity contribution < 1.29 is 24.2 Å². The molecule has 0 spiro atoms. The number of hydrogen-bond donors (Lipinski definition) is 3. The molecule has 1 fully saturated rings. The summed E-state index contributed by atoms with van der Waals surface area (Å²) in [6.45, 7) is 0. The molecule has 3 aromatic carbocycles. The molecule has 0 saturated carbocycles. The Morgan fingerprint density at radius 3 is 2.51 bits per heavy atom. The zero-order valence-electron chi connectivity index (χ0n) is 19.5. The van der Waals surface area contributed by atoms with E-state index >= 15 is 0 Å². The topological polar surface area (TPSA) is 133 Å². The molecule has 3 amide bonds. The Kier molecular flexibility index (Phi) is 6.60. The first-order valence-electron chi connectivity index (χ1n) is 11.2. The van der Waals surface area contributed by atoms with Crippen molar-refractivity contribution >= 4 is 57.4 Å². The zero-order valence-corrected chi connectivity index (χ0v) is 20.4. The average molecular weight is 516 g/mol. The smallest absolute Gasteiger partial charge is 0.276 e. The molecule has 3 aromatic rings. The number of fused-ring (bicyclic) bond motifs is 1. The van der Waals surface area contributed by atoms with Crippen LogP contribution in [0.15, 0.2) is 83.0 Å². The summed E-state index contributed by atoms with van der Waals surface area (Å²) in [4.78, 5) is 39.9. The molecule has 37 heavy (non-hydrogen) atoms. The van der Waals surface area contributed by atoms with Crippen LogP contribution in [0.25, 0.3) is 0 Å². The van der Waals surface area contributed by atoms with E-state index in [1.807, 2.05) is 0 Å². The highest BCUT2D eigenvalue weighted by Gasteiger charge is 2.40. The predicted octanol–water partition coefficient (Wildman–Crippen LogP) is 3.59. The monoisotopic (exact) mass is 515 g/mol. The molecule has 11 heteroatoms. The van der Waals surface area contributed by atoms with Crippen LogP contribution in [-0.4, -0.2) is 46.1 Å². The van der Waals surface area contributed by atoms with Gasteiger partial charge in [0.05, 0.1) is 18.5 Å². The number of benzene rings is 3. The third-order valence-electron chi connectivity index (χ3n) is 5.67. The van der Waals surface area contributed by atoms with Crippen molar-refractivity contribution in [2.24, 2.45) is 10.2 Å². The molecule has 5 rings (SSSR count). The van der Waals surface area contributed by atoms with E-state index in [9.17, 15) is 19.5 Å². The lowest BCUT2D eigenvalue weighted by Crippen LogP contribution is -2.33. The molecule has 0 radical (unpaired) electrons. The van der Waals surface area contributed by atoms with Gasteiger partial charge in [-0.15, -0.1) is 10.2 Å². The fourth-order valence-corrected chi connectivity index (χ4v) is 4.94. The molecule has 0 aromatic heterocycles. The summed E-state index contributed by atoms with van der Waals surface area (Å²) < 4.78 is 5.12. The summed E-state index contributed by atoms with van der Waals surface area (Å²) in [5.41, 5.74) is 2.39. The third kappa shape index (κ3) is 5.02. The van der Waals surface area contributed by atoms with E-state index in [2.05, 4.69) is 20.8 Å². The van der Waals surface area contributed by atoms with E-state index in [-0.39, 0.29) is 34.9 Å². The van der Waals surface area contributed by atoms with Crippen LogP contribution in [0, 0.1) is 0 Å². The van der Waals surface area contributed by atoms with Crippen molar-refractivity contribution in [1.82, 2.24) is 0 Å². The van der Waals surface area contributed by atoms with Crippen LogP contribution in [-0.2, 0) is 14.4 Å². The Morgan fingerprint density at radius 1 is 1.05 bits per heavy atom. The molecule has 1 saturated heterocycles. The number of para-hydroxylation sites is 1. The maximum absolute atomic E-state index is 13.4. The zero-order chi connectivity index (χ0) is 25.9. The minimum atomic E-state index is -0.768. The minimum absolute atomic E-state index is 0.0384. The summed E-state index contributed by atoms with van der Waals surface area (Å²) in [5.74, 6) is -0.415. The number of rotatable bonds is 6. The van der Waals surface area contributed by atoms with Crippen LogP contribution in [0.4, 0.5) is 17.1 Å². The number of carbonyl (C=O) groups is 3. The number of amidine groups is 1. The Morgan fingerprint density at radius 2 is 1.78 bits per heavy atom. The second kappa shape index (κ2) is 10.2. The second-order valence-corrected chi connectivity index (χ2v) is 9.28. The first kappa shape index (κ1) is 24.1. The summed E-state index contributed by atoms with van der Waals surface area (Å²) in [6.07, 6.45) is -0.108. The number of phenols is 1. The number of nitrogens with zero attached hydrogens (tertiary/aromatic N) is 3. The lowest BCUT2D eigenvalue weighted by molar-refractivity contribution is -0.121. The number of methoxy groups -OCH3 is 1. The van der Waals surface area contributed by atoms with E-state index in [0.717, 1.165) is 11.8 Å². The third-order valence-corrected chi connectivity index (χ3v) is 6.80. The standard InChI is InChI=1S/C26H21N5O5S/c1-36-18-12-6-15(7-13-18)27-22(33)14-21-25(35)31(16-8-10-17(32)11-9-16)26(37-21)30-29-23-19-4-2-3-5-20(19)28-24(23)34/h2-13,21,32H,14H2,1H3,(H,27,33)(H,28,29,34)/b30-26+. The number of nitrogens with one attached hydrogen (secondary N) is 2. The van der Waals surface area contributed by atoms with Crippen molar-refractivity contribution in [3.05, 3.63) is 78.4 Å². The van der Waals surface area contributed by atoms with Gasteiger partial charge in [0, 0.05) is 17.7 Å². The largest absolute Gasteiger partial charge is 0.508 e. The van der Waals surface area contributed by atoms with Gasteiger partial charge in [0.25, 0.3) is 5.91 Å². The van der Waals surface area contributed by atoms with Gasteiger partial charge in [-0.25, -0.2) is 0 Å². The molecule has 186 valence electrons. The van der Waals surface area contributed by atoms with Gasteiger partial charge in [-0.3, -0.25) is 19.3 Å². The molecule has 1 unspecified atom stereocenters. The van der Waals surface area contributed by atoms with Crippen LogP contribution in [0.3, 0.4) is 0 Å². The number of carbonyl (C=O) groups excluding carboxylic acids is 3. The number of thioether (sulfide) groups is 1. The van der Waals surface area contributed by atoms with Gasteiger partial charge in [-0.05, 0) is 54.6 Å². The minimum Gasteiger partial charge on any atom is -0.508 e. The first-order valence-corrected chi connectivity index (χ1v) is 12.1. The van der Waals surface area contributed by atoms with Crippen molar-refractivity contribution in [2.45, 2.75) is 11.7 Å². The van der Waals surface area contributed by atoms with Gasteiger partial charge in [0.2, 0.25) is 11.8 Å². The predicted molar refractivity (Wildman–Crippen MR) is 142 cm³/mol. The maximum atomic E-state index is 13.4. The normalized spacial score (nSPS) is 18.7. The van der Waals surface area contributed by atoms with Crippen molar-refractivity contribution in [1.29, 1.82) is 0 Å². The molecule has 1 atom stereocenters. The lowest BCUT2D eigenvalue weighted by Gasteiger charge is -2.16. The molecular formula is C26H21N5O5S. The Labute approximate surface area is 216 Å². The number of ether oxygens (including phenoxy) is 1. The average Bonchev–Trinajstić information content (AvgIpc) is 3.38. The number of phenolic OH excluding ortho intramolecular Hbond substituents is 1. The summed E-state index contributed by atoms with van der Waals surface area (Å²) in [5, 5.41) is 23.1. The SMILES string of the molecule is COc1ccc(NC(=O)CC2S/C(=N/N=C3\C(=O)Nc4ccccc43)N(c3ccc(O)cc3)C2=O)cc1. The van der Waals surface area contributed by atoms with E-state index < -0.39 is 11.2 Å². The van der Waals surface area contributed by atoms with E-state index in [1.165, 1.54) is 17.0 Å². The molecule has 0 bridgehead atoms. The van der Waals surface area contributed by atoms with Gasteiger partial charge < -0.3 is 20.5 Å². The molecule has 3 N–H and O–H groups in total. The quantitative estimate of drug-likeness (QED) is 0.430. The van der Waals surface area contributed by atoms with Gasteiger partial charge in [-0.2, -0.15) is 0 Å². The highest BCUT2D eigenvalue weighted by Crippen LogP contribution is 2.35. The fourth-order valence-electron chi connectivity index (χ4n) is 3.85. The Hall–Kier alpha value is -4.64. The van der Waals surface area contributed by atoms with Crippen LogP contribution < -0.4 is 20.3 Å². The van der Waals surface area contributed by atoms with Crippen LogP contribution in [0.2, 0.25) is 0 Å². The Balaban J connectivity index is 1.40. The highest BCUT2D eigenvalue weighted by molar-refractivity contribution is 8.16. The molecule has 0 aliphatic carbocycles. The van der Waals surface area contributed by atoms with Crippen molar-refractivity contribution in [2.75, 3.05) is 22.6 Å². The van der Waals surface area contributed by atoms with Gasteiger partial charge in [-0.1, -0.05) is 30.0 Å². The van der Waals surface area contributed by atoms with Crippen LogP contribution in [0.5, 0.6) is 11.5 Å². The molecule has 2 aliphatic rings. The number of amides is 3. The number of anilines is 3. The van der Waals surface area contributed by atoms with Gasteiger partial charge in [0.1, 0.15) is 16.7 Å². The lowest BCUT2D eigenvalue weighted by atomic mass is 10.1. The molecule has 2 aliphatic heterocycles. The van der Waals surface area contributed by atoms with Crippen molar-refractivity contribution in [3.8, 4) is 11.5 Å². The van der Waals surface area contributed by atoms with Crippen molar-refractivity contribution in [3.63, 3.8) is 0 Å². The van der Waals surface area contributed by atoms with Crippen LogP contribution >= 0.6 is 11.8 Å². The highest BCUT2D eigenvalue weighted by atomic mass is 32.2. The van der Waals surface area contributed by atoms with E-state index in [0.29, 0.717) is 28.4 Å². The first-order chi connectivity index (χ1) is 17.9. The molecule has 10 nitrogen and oxygen atoms in total. The van der Waals surface area contributed by atoms with Gasteiger partial charge >= 0.3 is 0 Å². The molecule has 2 heterocycles. The van der Waals surface area contributed by atoms with E-state index in [4.69, 9.17) is 4.74 Å². The Bertz CT molecular complexity index is 1440. The fraction of sp³-hybridized carbons (Fsp3) is 0.115. The van der Waals surface area contributed by atoms with Crippen LogP contribution in [0.1, 0.15) is 12.0 Å². The summed E-state index contributed by atoms with van der Waals surface area (Å²) in [7, 11) is 1.55. The summed E-state index contributed by atoms with van der Waals surface area (Å²) in [6, 6.07) is 20.0. The number of aromatic hydroxyl groups is 1. The number of hydrogen-bond acceptors (Lipinski definition) is 8. The molecular weight excluding hydrogens is 494 g/mol. The second-order valence-electron chi connectivity index (χ2n) is 8.11. The summed E-state index contributed by atoms with van der Waals surface area (Å²) >= 11 is 1.08. The maximum Gasteiger partial charge on any atom is 0.276 e.